The second-order valence-corrected chi connectivity index (χ2v) is 5.75. The van der Waals surface area contributed by atoms with Crippen LogP contribution in [0, 0.1) is 5.92 Å². The van der Waals surface area contributed by atoms with Crippen LogP contribution in [0.15, 0.2) is 6.07 Å². The molecule has 6 heteroatoms. The van der Waals surface area contributed by atoms with Crippen molar-refractivity contribution in [2.45, 2.75) is 12.5 Å². The summed E-state index contributed by atoms with van der Waals surface area (Å²) in [5, 5.41) is 0.518. The third kappa shape index (κ3) is 2.86. The number of carbonyl (C=O) groups is 1. The van der Waals surface area contributed by atoms with Crippen LogP contribution < -0.4 is 15.2 Å². The number of nitrogens with zero attached hydrogens (tertiary/aromatic N) is 1. The first-order valence-electron chi connectivity index (χ1n) is 6.87. The van der Waals surface area contributed by atoms with Crippen LogP contribution >= 0.6 is 11.6 Å². The van der Waals surface area contributed by atoms with Gasteiger partial charge in [-0.3, -0.25) is 9.69 Å². The normalized spacial score (nSPS) is 22.3. The van der Waals surface area contributed by atoms with E-state index < -0.39 is 0 Å². The number of hydrogen-bond donors (Lipinski definition) is 1. The van der Waals surface area contributed by atoms with E-state index in [1.165, 1.54) is 7.11 Å². The highest BCUT2D eigenvalue weighted by molar-refractivity contribution is 6.32. The minimum atomic E-state index is 0.107. The Kier molecular flexibility index (Phi) is 5.08. The summed E-state index contributed by atoms with van der Waals surface area (Å²) >= 11 is 6.40. The number of nitrogens with two attached hydrogens (primary N) is 1. The number of aldehydes is 1. The Bertz CT molecular complexity index is 536. The molecule has 0 saturated carbocycles. The number of methoxy groups -OCH3 is 2. The molecule has 0 spiro atoms. The zero-order valence-electron chi connectivity index (χ0n) is 12.6. The average molecular weight is 313 g/mol. The molecule has 1 saturated heterocycles. The molecule has 2 unspecified atom stereocenters. The third-order valence-electron chi connectivity index (χ3n) is 4.09. The summed E-state index contributed by atoms with van der Waals surface area (Å²) in [4.78, 5) is 13.4. The summed E-state index contributed by atoms with van der Waals surface area (Å²) in [5.41, 5.74) is 7.03. The second kappa shape index (κ2) is 6.64. The molecule has 116 valence electrons. The number of halogens is 1. The average Bonchev–Trinajstić information content (AvgIpc) is 2.86. The van der Waals surface area contributed by atoms with E-state index in [2.05, 4.69) is 4.90 Å². The van der Waals surface area contributed by atoms with Crippen LogP contribution in [0.25, 0.3) is 0 Å². The summed E-state index contributed by atoms with van der Waals surface area (Å²) < 4.78 is 10.8. The van der Waals surface area contributed by atoms with Gasteiger partial charge in [0.25, 0.3) is 0 Å². The van der Waals surface area contributed by atoms with Crippen molar-refractivity contribution < 1.29 is 14.3 Å². The van der Waals surface area contributed by atoms with Gasteiger partial charge in [-0.05, 0) is 32.0 Å². The minimum absolute atomic E-state index is 0.107. The maximum Gasteiger partial charge on any atom is 0.171 e. The van der Waals surface area contributed by atoms with Gasteiger partial charge in [-0.2, -0.15) is 0 Å². The fourth-order valence-corrected chi connectivity index (χ4v) is 3.40. The molecule has 2 N–H and O–H groups in total. The molecule has 0 aliphatic carbocycles. The number of carbonyl (C=O) groups excluding carboxylic acids is 1. The van der Waals surface area contributed by atoms with Crippen molar-refractivity contribution in [1.29, 1.82) is 0 Å². The van der Waals surface area contributed by atoms with Gasteiger partial charge >= 0.3 is 0 Å². The first-order valence-corrected chi connectivity index (χ1v) is 7.24. The monoisotopic (exact) mass is 312 g/mol. The number of ether oxygens (including phenoxy) is 2. The standard InChI is InChI=1S/C15H21ClN2O3/c1-18-7-9(6-17)4-12(18)13-11(16)5-10(8-19)14(20-2)15(13)21-3/h5,8-9,12H,4,6-7,17H2,1-3H3. The molecule has 1 fully saturated rings. The molecule has 1 aliphatic rings. The molecule has 0 radical (unpaired) electrons. The third-order valence-corrected chi connectivity index (χ3v) is 4.40. The van der Waals surface area contributed by atoms with Crippen LogP contribution in [0.2, 0.25) is 5.02 Å². The fourth-order valence-electron chi connectivity index (χ4n) is 3.07. The summed E-state index contributed by atoms with van der Waals surface area (Å²) in [7, 11) is 5.11. The molecule has 0 bridgehead atoms. The predicted molar refractivity (Wildman–Crippen MR) is 82.5 cm³/mol. The number of hydrogen-bond acceptors (Lipinski definition) is 5. The topological polar surface area (TPSA) is 64.8 Å². The van der Waals surface area contributed by atoms with Gasteiger partial charge in [0.2, 0.25) is 0 Å². The number of likely N-dealkylation sites (tertiary alicyclic amines) is 1. The second-order valence-electron chi connectivity index (χ2n) is 5.34. The lowest BCUT2D eigenvalue weighted by atomic mass is 9.97. The van der Waals surface area contributed by atoms with Crippen LogP contribution in [0.5, 0.6) is 11.5 Å². The number of benzene rings is 1. The van der Waals surface area contributed by atoms with E-state index in [-0.39, 0.29) is 6.04 Å². The van der Waals surface area contributed by atoms with Gasteiger partial charge in [0.15, 0.2) is 17.8 Å². The van der Waals surface area contributed by atoms with Crippen LogP contribution in [0.4, 0.5) is 0 Å². The van der Waals surface area contributed by atoms with Crippen molar-refractivity contribution in [2.24, 2.45) is 11.7 Å². The maximum atomic E-state index is 11.2. The lowest BCUT2D eigenvalue weighted by molar-refractivity contribution is 0.112. The fraction of sp³-hybridized carbons (Fsp3) is 0.533. The quantitative estimate of drug-likeness (QED) is 0.844. The lowest BCUT2D eigenvalue weighted by Crippen LogP contribution is -2.21. The van der Waals surface area contributed by atoms with Crippen LogP contribution in [0.1, 0.15) is 28.4 Å². The van der Waals surface area contributed by atoms with Crippen molar-refractivity contribution in [3.05, 3.63) is 22.2 Å². The van der Waals surface area contributed by atoms with E-state index in [4.69, 9.17) is 26.8 Å². The lowest BCUT2D eigenvalue weighted by Gasteiger charge is -2.24. The molecule has 0 amide bonds. The molecule has 2 rings (SSSR count). The van der Waals surface area contributed by atoms with Gasteiger partial charge in [-0.1, -0.05) is 11.6 Å². The van der Waals surface area contributed by atoms with Crippen molar-refractivity contribution in [3.63, 3.8) is 0 Å². The van der Waals surface area contributed by atoms with E-state index >= 15 is 0 Å². The van der Waals surface area contributed by atoms with E-state index in [0.29, 0.717) is 34.5 Å². The Morgan fingerprint density at radius 3 is 2.57 bits per heavy atom. The highest BCUT2D eigenvalue weighted by Crippen LogP contribution is 2.47. The van der Waals surface area contributed by atoms with Gasteiger partial charge in [0, 0.05) is 18.2 Å². The van der Waals surface area contributed by atoms with Crippen molar-refractivity contribution in [3.8, 4) is 11.5 Å². The summed E-state index contributed by atoms with van der Waals surface area (Å²) in [6.07, 6.45) is 1.63. The molecule has 2 atom stereocenters. The molecular weight excluding hydrogens is 292 g/mol. The molecular formula is C15H21ClN2O3. The SMILES string of the molecule is COc1c(C=O)cc(Cl)c(C2CC(CN)CN2C)c1OC. The smallest absolute Gasteiger partial charge is 0.171 e. The Hall–Kier alpha value is -1.30. The van der Waals surface area contributed by atoms with E-state index in [0.717, 1.165) is 24.8 Å². The predicted octanol–water partition coefficient (Wildman–Crippen LogP) is 2.12. The van der Waals surface area contributed by atoms with Crippen molar-refractivity contribution in [2.75, 3.05) is 34.4 Å². The highest BCUT2D eigenvalue weighted by Gasteiger charge is 2.34. The molecule has 1 aliphatic heterocycles. The zero-order valence-corrected chi connectivity index (χ0v) is 13.3. The summed E-state index contributed by atoms with van der Waals surface area (Å²) in [6, 6.07) is 1.74. The van der Waals surface area contributed by atoms with E-state index in [9.17, 15) is 4.79 Å². The first kappa shape index (κ1) is 16.1. The maximum absolute atomic E-state index is 11.2. The van der Waals surface area contributed by atoms with E-state index in [1.807, 2.05) is 7.05 Å². The molecule has 21 heavy (non-hydrogen) atoms. The van der Waals surface area contributed by atoms with Gasteiger partial charge in [-0.25, -0.2) is 0 Å². The highest BCUT2D eigenvalue weighted by atomic mass is 35.5. The van der Waals surface area contributed by atoms with Crippen LogP contribution in [-0.4, -0.2) is 45.5 Å². The molecule has 0 aromatic heterocycles. The van der Waals surface area contributed by atoms with Gasteiger partial charge in [0.1, 0.15) is 0 Å². The first-order chi connectivity index (χ1) is 10.1. The Balaban J connectivity index is 2.55. The van der Waals surface area contributed by atoms with Crippen molar-refractivity contribution >= 4 is 17.9 Å². The van der Waals surface area contributed by atoms with Crippen LogP contribution in [0.3, 0.4) is 0 Å². The molecule has 5 nitrogen and oxygen atoms in total. The molecule has 1 aromatic carbocycles. The minimum Gasteiger partial charge on any atom is -0.492 e. The Morgan fingerprint density at radius 1 is 1.43 bits per heavy atom. The molecule has 1 heterocycles. The van der Waals surface area contributed by atoms with Gasteiger partial charge in [-0.15, -0.1) is 0 Å². The van der Waals surface area contributed by atoms with Gasteiger partial charge < -0.3 is 15.2 Å². The largest absolute Gasteiger partial charge is 0.492 e. The summed E-state index contributed by atoms with van der Waals surface area (Å²) in [5.74, 6) is 1.38. The zero-order chi connectivity index (χ0) is 15.6. The Labute approximate surface area is 130 Å². The molecule has 1 aromatic rings. The van der Waals surface area contributed by atoms with E-state index in [1.54, 1.807) is 13.2 Å². The number of rotatable bonds is 5. The summed E-state index contributed by atoms with van der Waals surface area (Å²) in [6.45, 7) is 1.56. The van der Waals surface area contributed by atoms with Crippen LogP contribution in [-0.2, 0) is 0 Å². The van der Waals surface area contributed by atoms with Crippen molar-refractivity contribution in [1.82, 2.24) is 4.90 Å². The van der Waals surface area contributed by atoms with Gasteiger partial charge in [0.05, 0.1) is 24.8 Å². The Morgan fingerprint density at radius 2 is 2.10 bits per heavy atom.